The Labute approximate surface area is 149 Å². The number of nitrogens with zero attached hydrogens (tertiary/aromatic N) is 3. The number of fused-ring (bicyclic) bond motifs is 1. The van der Waals surface area contributed by atoms with Gasteiger partial charge in [-0.15, -0.1) is 0 Å². The molecule has 0 unspecified atom stereocenters. The number of rotatable bonds is 4. The van der Waals surface area contributed by atoms with Crippen LogP contribution in [-0.4, -0.2) is 14.1 Å². The van der Waals surface area contributed by atoms with E-state index >= 15 is 0 Å². The van der Waals surface area contributed by atoms with E-state index in [0.717, 1.165) is 11.1 Å². The summed E-state index contributed by atoms with van der Waals surface area (Å²) >= 11 is 0. The molecule has 5 heteroatoms. The molecule has 0 aliphatic heterocycles. The summed E-state index contributed by atoms with van der Waals surface area (Å²) in [6.45, 7) is 0.598. The van der Waals surface area contributed by atoms with Crippen molar-refractivity contribution in [3.63, 3.8) is 0 Å². The Morgan fingerprint density at radius 3 is 1.88 bits per heavy atom. The van der Waals surface area contributed by atoms with Gasteiger partial charge in [-0.05, 0) is 23.3 Å². The maximum atomic E-state index is 13.1. The Balaban J connectivity index is 1.92. The molecule has 4 rings (SSSR count). The quantitative estimate of drug-likeness (QED) is 0.572. The van der Waals surface area contributed by atoms with E-state index in [2.05, 4.69) is 4.98 Å². The molecule has 2 aromatic carbocycles. The largest absolute Gasteiger partial charge is 0.333 e. The molecule has 4 aromatic rings. The molecule has 0 saturated heterocycles. The van der Waals surface area contributed by atoms with Gasteiger partial charge in [-0.2, -0.15) is 0 Å². The SMILES string of the molecule is O=c1c2cccnc2n(Cc2ccccc2)c(=O)n1Cc1ccccc1. The monoisotopic (exact) mass is 343 g/mol. The van der Waals surface area contributed by atoms with Crippen molar-refractivity contribution >= 4 is 11.0 Å². The third kappa shape index (κ3) is 2.95. The van der Waals surface area contributed by atoms with Crippen molar-refractivity contribution in [3.05, 3.63) is 111 Å². The predicted octanol–water partition coefficient (Wildman–Crippen LogP) is 2.65. The van der Waals surface area contributed by atoms with Crippen molar-refractivity contribution < 1.29 is 0 Å². The Bertz CT molecular complexity index is 1160. The van der Waals surface area contributed by atoms with E-state index in [1.807, 2.05) is 60.7 Å². The van der Waals surface area contributed by atoms with Crippen LogP contribution in [0, 0.1) is 0 Å². The summed E-state index contributed by atoms with van der Waals surface area (Å²) < 4.78 is 2.84. The van der Waals surface area contributed by atoms with Gasteiger partial charge in [-0.1, -0.05) is 60.7 Å². The highest BCUT2D eigenvalue weighted by Crippen LogP contribution is 2.08. The van der Waals surface area contributed by atoms with E-state index in [9.17, 15) is 9.59 Å². The minimum Gasteiger partial charge on any atom is -0.273 e. The van der Waals surface area contributed by atoms with Crippen LogP contribution in [0.1, 0.15) is 11.1 Å². The predicted molar refractivity (Wildman–Crippen MR) is 101 cm³/mol. The number of hydrogen-bond acceptors (Lipinski definition) is 3. The lowest BCUT2D eigenvalue weighted by atomic mass is 10.2. The van der Waals surface area contributed by atoms with Crippen molar-refractivity contribution in [1.82, 2.24) is 14.1 Å². The van der Waals surface area contributed by atoms with Gasteiger partial charge < -0.3 is 0 Å². The average Bonchev–Trinajstić information content (AvgIpc) is 2.70. The van der Waals surface area contributed by atoms with E-state index in [1.54, 1.807) is 22.9 Å². The van der Waals surface area contributed by atoms with E-state index in [0.29, 0.717) is 17.6 Å². The molecule has 0 aliphatic rings. The molecule has 0 N–H and O–H groups in total. The second-order valence-electron chi connectivity index (χ2n) is 6.11. The van der Waals surface area contributed by atoms with Crippen LogP contribution in [0.3, 0.4) is 0 Å². The molecule has 0 aliphatic carbocycles. The van der Waals surface area contributed by atoms with Crippen molar-refractivity contribution in [2.45, 2.75) is 13.1 Å². The van der Waals surface area contributed by atoms with Crippen LogP contribution in [-0.2, 0) is 13.1 Å². The lowest BCUT2D eigenvalue weighted by Crippen LogP contribution is -2.40. The normalized spacial score (nSPS) is 10.9. The number of pyridine rings is 1. The van der Waals surface area contributed by atoms with E-state index in [1.165, 1.54) is 4.57 Å². The van der Waals surface area contributed by atoms with Crippen LogP contribution < -0.4 is 11.2 Å². The summed E-state index contributed by atoms with van der Waals surface area (Å²) in [5, 5.41) is 0.443. The van der Waals surface area contributed by atoms with Gasteiger partial charge in [-0.25, -0.2) is 9.78 Å². The standard InChI is InChI=1S/C21H17N3O2/c25-20-18-12-7-13-22-19(18)23(14-16-8-3-1-4-9-16)21(26)24(20)15-17-10-5-2-6-11-17/h1-13H,14-15H2. The van der Waals surface area contributed by atoms with E-state index < -0.39 is 0 Å². The third-order valence-electron chi connectivity index (χ3n) is 4.35. The molecule has 2 heterocycles. The molecule has 5 nitrogen and oxygen atoms in total. The Kier molecular flexibility index (Phi) is 4.19. The van der Waals surface area contributed by atoms with Crippen molar-refractivity contribution in [1.29, 1.82) is 0 Å². The molecule has 0 atom stereocenters. The molecular weight excluding hydrogens is 326 g/mol. The highest BCUT2D eigenvalue weighted by atomic mass is 16.2. The van der Waals surface area contributed by atoms with Gasteiger partial charge in [0.2, 0.25) is 0 Å². The highest BCUT2D eigenvalue weighted by Gasteiger charge is 2.14. The fourth-order valence-electron chi connectivity index (χ4n) is 3.06. The molecule has 0 bridgehead atoms. The first kappa shape index (κ1) is 16.0. The number of aromatic nitrogens is 3. The van der Waals surface area contributed by atoms with E-state index in [4.69, 9.17) is 0 Å². The molecular formula is C21H17N3O2. The van der Waals surface area contributed by atoms with Gasteiger partial charge >= 0.3 is 5.69 Å². The molecule has 128 valence electrons. The van der Waals surface area contributed by atoms with Crippen LogP contribution in [0.5, 0.6) is 0 Å². The molecule has 2 aromatic heterocycles. The minimum atomic E-state index is -0.353. The summed E-state index contributed by atoms with van der Waals surface area (Å²) in [7, 11) is 0. The van der Waals surface area contributed by atoms with Crippen molar-refractivity contribution in [2.24, 2.45) is 0 Å². The first-order valence-electron chi connectivity index (χ1n) is 8.40. The van der Waals surface area contributed by atoms with Crippen LogP contribution in [0.4, 0.5) is 0 Å². The number of benzene rings is 2. The summed E-state index contributed by atoms with van der Waals surface area (Å²) in [5.74, 6) is 0. The third-order valence-corrected chi connectivity index (χ3v) is 4.35. The fourth-order valence-corrected chi connectivity index (χ4v) is 3.06. The van der Waals surface area contributed by atoms with Gasteiger partial charge in [0.25, 0.3) is 5.56 Å². The first-order valence-corrected chi connectivity index (χ1v) is 8.40. The van der Waals surface area contributed by atoms with Crippen molar-refractivity contribution in [2.75, 3.05) is 0 Å². The van der Waals surface area contributed by atoms with Gasteiger partial charge in [0.15, 0.2) is 0 Å². The second-order valence-corrected chi connectivity index (χ2v) is 6.11. The Hall–Kier alpha value is -3.47. The first-order chi connectivity index (χ1) is 12.7. The molecule has 0 spiro atoms. The summed E-state index contributed by atoms with van der Waals surface area (Å²) in [6, 6.07) is 22.6. The second kappa shape index (κ2) is 6.80. The lowest BCUT2D eigenvalue weighted by molar-refractivity contribution is 0.630. The lowest BCUT2D eigenvalue weighted by Gasteiger charge is -2.13. The van der Waals surface area contributed by atoms with E-state index in [-0.39, 0.29) is 17.8 Å². The Morgan fingerprint density at radius 1 is 0.692 bits per heavy atom. The summed E-state index contributed by atoms with van der Waals surface area (Å²) in [4.78, 5) is 30.3. The Morgan fingerprint density at radius 2 is 1.27 bits per heavy atom. The fraction of sp³-hybridized carbons (Fsp3) is 0.0952. The zero-order valence-corrected chi connectivity index (χ0v) is 14.1. The topological polar surface area (TPSA) is 56.9 Å². The number of hydrogen-bond donors (Lipinski definition) is 0. The minimum absolute atomic E-state index is 0.234. The molecule has 26 heavy (non-hydrogen) atoms. The van der Waals surface area contributed by atoms with Crippen molar-refractivity contribution in [3.8, 4) is 0 Å². The zero-order chi connectivity index (χ0) is 17.9. The van der Waals surface area contributed by atoms with Crippen LogP contribution in [0.15, 0.2) is 88.6 Å². The van der Waals surface area contributed by atoms with Crippen LogP contribution >= 0.6 is 0 Å². The van der Waals surface area contributed by atoms with Crippen LogP contribution in [0.25, 0.3) is 11.0 Å². The smallest absolute Gasteiger partial charge is 0.273 e. The van der Waals surface area contributed by atoms with Gasteiger partial charge in [0.05, 0.1) is 18.5 Å². The highest BCUT2D eigenvalue weighted by molar-refractivity contribution is 5.73. The van der Waals surface area contributed by atoms with Gasteiger partial charge in [0, 0.05) is 6.20 Å². The van der Waals surface area contributed by atoms with Gasteiger partial charge in [-0.3, -0.25) is 13.9 Å². The maximum Gasteiger partial charge on any atom is 0.333 e. The zero-order valence-electron chi connectivity index (χ0n) is 14.1. The molecule has 0 amide bonds. The molecule has 0 saturated carbocycles. The summed E-state index contributed by atoms with van der Waals surface area (Å²) in [6.07, 6.45) is 1.60. The van der Waals surface area contributed by atoms with Crippen LogP contribution in [0.2, 0.25) is 0 Å². The maximum absolute atomic E-state index is 13.1. The molecule has 0 fully saturated rings. The van der Waals surface area contributed by atoms with Gasteiger partial charge in [0.1, 0.15) is 5.65 Å². The summed E-state index contributed by atoms with van der Waals surface area (Å²) in [5.41, 5.74) is 1.63. The average molecular weight is 343 g/mol. The molecule has 0 radical (unpaired) electrons.